The van der Waals surface area contributed by atoms with E-state index in [1.807, 2.05) is 13.8 Å². The van der Waals surface area contributed by atoms with E-state index in [0.29, 0.717) is 35.8 Å². The zero-order valence-corrected chi connectivity index (χ0v) is 12.4. The zero-order chi connectivity index (χ0) is 16.3. The quantitative estimate of drug-likeness (QED) is 0.684. The number of rotatable bonds is 0. The van der Waals surface area contributed by atoms with Crippen molar-refractivity contribution < 1.29 is 22.3 Å². The first-order chi connectivity index (χ1) is 10.1. The van der Waals surface area contributed by atoms with Crippen LogP contribution in [0.15, 0.2) is 21.3 Å². The fourth-order valence-corrected chi connectivity index (χ4v) is 2.83. The number of aryl methyl sites for hydroxylation is 2. The maximum absolute atomic E-state index is 13.2. The molecule has 0 N–H and O–H groups in total. The number of hydrogen-bond donors (Lipinski definition) is 0. The van der Waals surface area contributed by atoms with Crippen molar-refractivity contribution in [3.05, 3.63) is 39.2 Å². The van der Waals surface area contributed by atoms with Crippen LogP contribution in [0.1, 0.15) is 37.0 Å². The molecule has 0 saturated heterocycles. The summed E-state index contributed by atoms with van der Waals surface area (Å²) >= 11 is 0. The van der Waals surface area contributed by atoms with Crippen LogP contribution in [0, 0.1) is 6.92 Å². The highest BCUT2D eigenvalue weighted by atomic mass is 19.4. The van der Waals surface area contributed by atoms with Crippen LogP contribution in [-0.2, 0) is 12.6 Å². The van der Waals surface area contributed by atoms with E-state index in [2.05, 4.69) is 0 Å². The molecule has 0 unspecified atom stereocenters. The summed E-state index contributed by atoms with van der Waals surface area (Å²) in [6, 6.07) is 1.93. The molecule has 3 nitrogen and oxygen atoms in total. The number of benzene rings is 1. The van der Waals surface area contributed by atoms with Crippen LogP contribution in [-0.4, -0.2) is 5.60 Å². The fourth-order valence-electron chi connectivity index (χ4n) is 2.83. The molecule has 2 heterocycles. The molecule has 118 valence electrons. The lowest BCUT2D eigenvalue weighted by atomic mass is 9.91. The van der Waals surface area contributed by atoms with Gasteiger partial charge in [-0.2, -0.15) is 13.2 Å². The summed E-state index contributed by atoms with van der Waals surface area (Å²) in [5.41, 5.74) is -1.29. The highest BCUT2D eigenvalue weighted by molar-refractivity contribution is 5.87. The second-order valence-electron chi connectivity index (χ2n) is 6.21. The molecule has 1 aliphatic rings. The van der Waals surface area contributed by atoms with Gasteiger partial charge in [0.1, 0.15) is 16.9 Å². The van der Waals surface area contributed by atoms with E-state index in [1.165, 1.54) is 6.07 Å². The Balaban J connectivity index is 2.37. The Morgan fingerprint density at radius 2 is 1.91 bits per heavy atom. The third-order valence-corrected chi connectivity index (χ3v) is 3.97. The zero-order valence-electron chi connectivity index (χ0n) is 12.4. The molecule has 0 amide bonds. The van der Waals surface area contributed by atoms with Crippen LogP contribution in [0.2, 0.25) is 0 Å². The third-order valence-electron chi connectivity index (χ3n) is 3.97. The van der Waals surface area contributed by atoms with Gasteiger partial charge >= 0.3 is 11.8 Å². The van der Waals surface area contributed by atoms with E-state index >= 15 is 0 Å². The average molecular weight is 312 g/mol. The molecule has 2 aromatic rings. The Labute approximate surface area is 124 Å². The lowest BCUT2D eigenvalue weighted by Crippen LogP contribution is -2.33. The predicted octanol–water partition coefficient (Wildman–Crippen LogP) is 4.22. The van der Waals surface area contributed by atoms with Gasteiger partial charge in [-0.3, -0.25) is 0 Å². The minimum Gasteiger partial charge on any atom is -0.487 e. The molecule has 1 aromatic carbocycles. The first-order valence-electron chi connectivity index (χ1n) is 6.95. The van der Waals surface area contributed by atoms with Gasteiger partial charge in [0.25, 0.3) is 0 Å². The molecule has 0 aliphatic carbocycles. The lowest BCUT2D eigenvalue weighted by molar-refractivity contribution is -0.136. The summed E-state index contributed by atoms with van der Waals surface area (Å²) in [4.78, 5) is 11.5. The Morgan fingerprint density at radius 3 is 2.55 bits per heavy atom. The second kappa shape index (κ2) is 4.51. The summed E-state index contributed by atoms with van der Waals surface area (Å²) in [6.45, 7) is 5.45. The van der Waals surface area contributed by atoms with Gasteiger partial charge in [0.2, 0.25) is 0 Å². The van der Waals surface area contributed by atoms with E-state index in [1.54, 1.807) is 6.92 Å². The van der Waals surface area contributed by atoms with Crippen molar-refractivity contribution in [3.8, 4) is 5.75 Å². The Hall–Kier alpha value is -1.98. The molecule has 0 bridgehead atoms. The standard InChI is InChI=1S/C16H15F3O3/c1-8-13-9(4-5-15(2,3)22-13)6-10-11(16(17,18)19)7-12(20)21-14(8)10/h6-7H,4-5H2,1-3H3. The summed E-state index contributed by atoms with van der Waals surface area (Å²) in [6.07, 6.45) is -3.28. The highest BCUT2D eigenvalue weighted by Gasteiger charge is 2.36. The van der Waals surface area contributed by atoms with Crippen molar-refractivity contribution in [3.63, 3.8) is 0 Å². The number of halogens is 3. The van der Waals surface area contributed by atoms with Crippen molar-refractivity contribution in [1.29, 1.82) is 0 Å². The second-order valence-corrected chi connectivity index (χ2v) is 6.21. The number of fused-ring (bicyclic) bond motifs is 2. The van der Waals surface area contributed by atoms with Crippen LogP contribution in [0.3, 0.4) is 0 Å². The molecule has 22 heavy (non-hydrogen) atoms. The van der Waals surface area contributed by atoms with E-state index in [9.17, 15) is 18.0 Å². The smallest absolute Gasteiger partial charge is 0.417 e. The first-order valence-corrected chi connectivity index (χ1v) is 6.95. The number of hydrogen-bond acceptors (Lipinski definition) is 3. The summed E-state index contributed by atoms with van der Waals surface area (Å²) in [5, 5.41) is -0.0911. The normalized spacial score (nSPS) is 17.2. The Bertz CT molecular complexity index is 816. The van der Waals surface area contributed by atoms with E-state index in [0.717, 1.165) is 0 Å². The van der Waals surface area contributed by atoms with Gasteiger partial charge in [0, 0.05) is 17.0 Å². The largest absolute Gasteiger partial charge is 0.487 e. The predicted molar refractivity (Wildman–Crippen MR) is 75.3 cm³/mol. The van der Waals surface area contributed by atoms with Crippen LogP contribution in [0.4, 0.5) is 13.2 Å². The summed E-state index contributed by atoms with van der Waals surface area (Å²) < 4.78 is 50.4. The molecule has 0 saturated carbocycles. The molecule has 1 aliphatic heterocycles. The van der Waals surface area contributed by atoms with Gasteiger partial charge in [-0.1, -0.05) is 0 Å². The fraction of sp³-hybridized carbons (Fsp3) is 0.438. The van der Waals surface area contributed by atoms with Gasteiger partial charge < -0.3 is 9.15 Å². The molecule has 3 rings (SSSR count). The van der Waals surface area contributed by atoms with E-state index < -0.39 is 23.0 Å². The maximum Gasteiger partial charge on any atom is 0.417 e. The summed E-state index contributed by atoms with van der Waals surface area (Å²) in [7, 11) is 0. The molecule has 0 radical (unpaired) electrons. The SMILES string of the molecule is Cc1c2c(cc3c(C(F)(F)F)cc(=O)oc13)CCC(C)(C)O2. The van der Waals surface area contributed by atoms with Crippen molar-refractivity contribution in [2.45, 2.75) is 45.4 Å². The Morgan fingerprint density at radius 1 is 1.23 bits per heavy atom. The van der Waals surface area contributed by atoms with Gasteiger partial charge in [-0.25, -0.2) is 4.79 Å². The van der Waals surface area contributed by atoms with E-state index in [-0.39, 0.29) is 11.0 Å². The molecule has 0 spiro atoms. The van der Waals surface area contributed by atoms with Crippen LogP contribution >= 0.6 is 0 Å². The first kappa shape index (κ1) is 14.9. The highest BCUT2D eigenvalue weighted by Crippen LogP contribution is 2.42. The van der Waals surface area contributed by atoms with Gasteiger partial charge in [-0.05, 0) is 45.2 Å². The minimum atomic E-state index is -4.61. The molecular weight excluding hydrogens is 297 g/mol. The van der Waals surface area contributed by atoms with E-state index in [4.69, 9.17) is 9.15 Å². The number of alkyl halides is 3. The van der Waals surface area contributed by atoms with Gasteiger partial charge in [-0.15, -0.1) is 0 Å². The maximum atomic E-state index is 13.2. The van der Waals surface area contributed by atoms with Crippen LogP contribution < -0.4 is 10.4 Å². The van der Waals surface area contributed by atoms with Crippen molar-refractivity contribution in [1.82, 2.24) is 0 Å². The van der Waals surface area contributed by atoms with Gasteiger partial charge in [0.15, 0.2) is 0 Å². The summed E-state index contributed by atoms with van der Waals surface area (Å²) in [5.74, 6) is 0.520. The molecule has 0 fully saturated rings. The minimum absolute atomic E-state index is 0.0590. The number of ether oxygens (including phenoxy) is 1. The van der Waals surface area contributed by atoms with Crippen LogP contribution in [0.5, 0.6) is 5.75 Å². The molecule has 6 heteroatoms. The molecule has 1 aromatic heterocycles. The van der Waals surface area contributed by atoms with Crippen molar-refractivity contribution in [2.75, 3.05) is 0 Å². The van der Waals surface area contributed by atoms with Crippen molar-refractivity contribution >= 4 is 11.0 Å². The van der Waals surface area contributed by atoms with Crippen LogP contribution in [0.25, 0.3) is 11.0 Å². The Kier molecular flexibility index (Phi) is 3.06. The lowest BCUT2D eigenvalue weighted by Gasteiger charge is -2.33. The molecule has 0 atom stereocenters. The van der Waals surface area contributed by atoms with Crippen molar-refractivity contribution in [2.24, 2.45) is 0 Å². The average Bonchev–Trinajstić information content (AvgIpc) is 2.38. The monoisotopic (exact) mass is 312 g/mol. The molecular formula is C16H15F3O3. The topological polar surface area (TPSA) is 39.4 Å². The van der Waals surface area contributed by atoms with Gasteiger partial charge in [0.05, 0.1) is 5.56 Å². The third kappa shape index (κ3) is 2.36.